The van der Waals surface area contributed by atoms with Gasteiger partial charge in [-0.1, -0.05) is 0 Å². The number of nitrogens with zero attached hydrogens (tertiary/aromatic N) is 1. The van der Waals surface area contributed by atoms with E-state index < -0.39 is 0 Å². The van der Waals surface area contributed by atoms with E-state index >= 15 is 0 Å². The molecule has 15 heavy (non-hydrogen) atoms. The van der Waals surface area contributed by atoms with E-state index in [0.717, 1.165) is 23.2 Å². The zero-order valence-electron chi connectivity index (χ0n) is 8.65. The lowest BCUT2D eigenvalue weighted by Crippen LogP contribution is -2.17. The van der Waals surface area contributed by atoms with Crippen LogP contribution in [0.1, 0.15) is 19.8 Å². The summed E-state index contributed by atoms with van der Waals surface area (Å²) in [6, 6.07) is 3.77. The van der Waals surface area contributed by atoms with Gasteiger partial charge in [0.05, 0.1) is 18.4 Å². The van der Waals surface area contributed by atoms with Crippen LogP contribution in [0.4, 0.5) is 0 Å². The number of rotatable bonds is 3. The molecule has 2 unspecified atom stereocenters. The van der Waals surface area contributed by atoms with E-state index in [9.17, 15) is 0 Å². The molecule has 0 spiro atoms. The summed E-state index contributed by atoms with van der Waals surface area (Å²) in [4.78, 5) is 4.09. The van der Waals surface area contributed by atoms with Gasteiger partial charge in [-0.25, -0.2) is 4.98 Å². The van der Waals surface area contributed by atoms with Crippen LogP contribution in [0.15, 0.2) is 22.9 Å². The second kappa shape index (κ2) is 4.94. The zero-order chi connectivity index (χ0) is 10.7. The first-order valence-electron chi connectivity index (χ1n) is 5.14. The van der Waals surface area contributed by atoms with Crippen molar-refractivity contribution in [3.63, 3.8) is 0 Å². The third-order valence-electron chi connectivity index (χ3n) is 2.46. The normalized spacial score (nSPS) is 25.5. The van der Waals surface area contributed by atoms with Crippen LogP contribution in [0.2, 0.25) is 0 Å². The molecule has 4 heteroatoms. The number of hydrogen-bond donors (Lipinski definition) is 0. The average molecular weight is 272 g/mol. The third kappa shape index (κ3) is 3.18. The number of pyridine rings is 1. The Morgan fingerprint density at radius 1 is 1.53 bits per heavy atom. The van der Waals surface area contributed by atoms with Gasteiger partial charge in [-0.3, -0.25) is 0 Å². The molecular weight excluding hydrogens is 258 g/mol. The topological polar surface area (TPSA) is 31.4 Å². The first-order chi connectivity index (χ1) is 7.24. The van der Waals surface area contributed by atoms with Gasteiger partial charge in [-0.05, 0) is 47.8 Å². The lowest BCUT2D eigenvalue weighted by Gasteiger charge is -2.12. The van der Waals surface area contributed by atoms with Crippen molar-refractivity contribution >= 4 is 15.9 Å². The minimum absolute atomic E-state index is 0.239. The molecule has 0 saturated carbocycles. The van der Waals surface area contributed by atoms with E-state index in [-0.39, 0.29) is 6.10 Å². The minimum Gasteiger partial charge on any atom is -0.489 e. The Morgan fingerprint density at radius 2 is 2.40 bits per heavy atom. The van der Waals surface area contributed by atoms with Crippen LogP contribution in [0.3, 0.4) is 0 Å². The van der Waals surface area contributed by atoms with Crippen LogP contribution in [0.25, 0.3) is 0 Å². The number of ether oxygens (including phenoxy) is 2. The summed E-state index contributed by atoms with van der Waals surface area (Å²) in [7, 11) is 0. The van der Waals surface area contributed by atoms with E-state index in [1.165, 1.54) is 0 Å². The van der Waals surface area contributed by atoms with Crippen molar-refractivity contribution in [2.75, 3.05) is 6.61 Å². The van der Waals surface area contributed by atoms with Gasteiger partial charge in [0, 0.05) is 0 Å². The van der Waals surface area contributed by atoms with E-state index in [1.54, 1.807) is 6.20 Å². The van der Waals surface area contributed by atoms with E-state index in [1.807, 2.05) is 12.1 Å². The van der Waals surface area contributed by atoms with E-state index in [4.69, 9.17) is 9.47 Å². The molecule has 0 bridgehead atoms. The second-order valence-corrected chi connectivity index (χ2v) is 4.59. The summed E-state index contributed by atoms with van der Waals surface area (Å²) < 4.78 is 12.1. The molecule has 1 aromatic rings. The summed E-state index contributed by atoms with van der Waals surface area (Å²) in [5.74, 6) is 0.793. The highest BCUT2D eigenvalue weighted by Crippen LogP contribution is 2.20. The first kappa shape index (κ1) is 10.9. The molecule has 0 amide bonds. The van der Waals surface area contributed by atoms with Crippen molar-refractivity contribution in [1.82, 2.24) is 4.98 Å². The van der Waals surface area contributed by atoms with Crippen LogP contribution < -0.4 is 4.74 Å². The van der Waals surface area contributed by atoms with Crippen molar-refractivity contribution in [3.05, 3.63) is 22.9 Å². The lowest BCUT2D eigenvalue weighted by molar-refractivity contribution is 0.0264. The van der Waals surface area contributed by atoms with Crippen molar-refractivity contribution in [1.29, 1.82) is 0 Å². The van der Waals surface area contributed by atoms with Crippen molar-refractivity contribution in [2.24, 2.45) is 0 Å². The molecule has 2 rings (SSSR count). The zero-order valence-corrected chi connectivity index (χ0v) is 10.2. The molecule has 0 N–H and O–H groups in total. The summed E-state index contributed by atoms with van der Waals surface area (Å²) in [6.07, 6.45) is 4.55. The largest absolute Gasteiger partial charge is 0.489 e. The number of aromatic nitrogens is 1. The Kier molecular flexibility index (Phi) is 3.59. The van der Waals surface area contributed by atoms with Crippen molar-refractivity contribution < 1.29 is 9.47 Å². The Bertz CT molecular complexity index is 315. The number of hydrogen-bond acceptors (Lipinski definition) is 3. The molecule has 1 saturated heterocycles. The minimum atomic E-state index is 0.239. The molecule has 0 radical (unpaired) electrons. The van der Waals surface area contributed by atoms with Gasteiger partial charge in [-0.15, -0.1) is 0 Å². The second-order valence-electron chi connectivity index (χ2n) is 3.77. The highest BCUT2D eigenvalue weighted by Gasteiger charge is 2.22. The fourth-order valence-electron chi connectivity index (χ4n) is 1.64. The first-order valence-corrected chi connectivity index (χ1v) is 5.93. The van der Waals surface area contributed by atoms with Crippen molar-refractivity contribution in [3.8, 4) is 5.75 Å². The fraction of sp³-hybridized carbons (Fsp3) is 0.545. The Hall–Kier alpha value is -0.610. The van der Waals surface area contributed by atoms with Crippen LogP contribution in [0.5, 0.6) is 5.75 Å². The molecule has 2 heterocycles. The van der Waals surface area contributed by atoms with Crippen LogP contribution >= 0.6 is 15.9 Å². The van der Waals surface area contributed by atoms with E-state index in [2.05, 4.69) is 27.8 Å². The molecule has 1 aliphatic heterocycles. The molecule has 0 aromatic carbocycles. The Balaban J connectivity index is 1.80. The monoisotopic (exact) mass is 271 g/mol. The maximum atomic E-state index is 5.65. The van der Waals surface area contributed by atoms with Crippen LogP contribution in [-0.2, 0) is 4.74 Å². The quantitative estimate of drug-likeness (QED) is 0.793. The van der Waals surface area contributed by atoms with Gasteiger partial charge in [0.2, 0.25) is 0 Å². The molecule has 82 valence electrons. The molecule has 1 fully saturated rings. The lowest BCUT2D eigenvalue weighted by atomic mass is 10.2. The third-order valence-corrected chi connectivity index (χ3v) is 2.93. The molecule has 3 nitrogen and oxygen atoms in total. The molecule has 1 aromatic heterocycles. The highest BCUT2D eigenvalue weighted by molar-refractivity contribution is 9.10. The van der Waals surface area contributed by atoms with Gasteiger partial charge >= 0.3 is 0 Å². The van der Waals surface area contributed by atoms with Crippen LogP contribution in [0, 0.1) is 0 Å². The van der Waals surface area contributed by atoms with Crippen molar-refractivity contribution in [2.45, 2.75) is 32.0 Å². The standard InChI is InChI=1S/C11H14BrNO2/c1-8-2-3-10(15-8)7-14-9-4-5-11(12)13-6-9/h4-6,8,10H,2-3,7H2,1H3. The number of halogens is 1. The van der Waals surface area contributed by atoms with Gasteiger partial charge in [0.1, 0.15) is 17.0 Å². The maximum Gasteiger partial charge on any atom is 0.137 e. The fourth-order valence-corrected chi connectivity index (χ4v) is 1.88. The smallest absolute Gasteiger partial charge is 0.137 e. The summed E-state index contributed by atoms with van der Waals surface area (Å²) >= 11 is 3.28. The molecule has 0 aliphatic carbocycles. The predicted molar refractivity (Wildman–Crippen MR) is 61.0 cm³/mol. The molecular formula is C11H14BrNO2. The molecule has 2 atom stereocenters. The predicted octanol–water partition coefficient (Wildman–Crippen LogP) is 2.79. The van der Waals surface area contributed by atoms with Crippen LogP contribution in [-0.4, -0.2) is 23.8 Å². The molecule has 1 aliphatic rings. The SMILES string of the molecule is CC1CCC(COc2ccc(Br)nc2)O1. The van der Waals surface area contributed by atoms with Gasteiger partial charge in [0.25, 0.3) is 0 Å². The van der Waals surface area contributed by atoms with Gasteiger partial charge in [0.15, 0.2) is 0 Å². The highest BCUT2D eigenvalue weighted by atomic mass is 79.9. The van der Waals surface area contributed by atoms with Gasteiger partial charge in [-0.2, -0.15) is 0 Å². The summed E-state index contributed by atoms with van der Waals surface area (Å²) in [5, 5.41) is 0. The maximum absolute atomic E-state index is 5.65. The Labute approximate surface area is 97.9 Å². The summed E-state index contributed by atoms with van der Waals surface area (Å²) in [5.41, 5.74) is 0. The average Bonchev–Trinajstić information content (AvgIpc) is 2.64. The van der Waals surface area contributed by atoms with Gasteiger partial charge < -0.3 is 9.47 Å². The Morgan fingerprint density at radius 3 is 3.00 bits per heavy atom. The van der Waals surface area contributed by atoms with E-state index in [0.29, 0.717) is 12.7 Å². The summed E-state index contributed by atoms with van der Waals surface area (Å²) in [6.45, 7) is 2.72.